The minimum absolute atomic E-state index is 0.0130. The quantitative estimate of drug-likeness (QED) is 0.203. The van der Waals surface area contributed by atoms with Crippen LogP contribution in [0.4, 0.5) is 0 Å². The van der Waals surface area contributed by atoms with Gasteiger partial charge in [0.15, 0.2) is 0 Å². The van der Waals surface area contributed by atoms with Crippen LogP contribution in [0, 0.1) is 6.92 Å². The zero-order valence-corrected chi connectivity index (χ0v) is 21.0. The number of carbonyl (C=O) groups is 1. The Hall–Kier alpha value is -2.80. The fourth-order valence-corrected chi connectivity index (χ4v) is 4.86. The fourth-order valence-electron chi connectivity index (χ4n) is 3.36. The number of para-hydroxylation sites is 1. The van der Waals surface area contributed by atoms with Crippen LogP contribution in [0.25, 0.3) is 0 Å². The van der Waals surface area contributed by atoms with Crippen molar-refractivity contribution in [2.24, 2.45) is 0 Å². The first-order valence-corrected chi connectivity index (χ1v) is 12.7. The van der Waals surface area contributed by atoms with Crippen LogP contribution in [-0.4, -0.2) is 65.8 Å². The topological polar surface area (TPSA) is 167 Å². The molecule has 1 aliphatic rings. The van der Waals surface area contributed by atoms with Crippen molar-refractivity contribution in [3.8, 4) is 5.75 Å². The summed E-state index contributed by atoms with van der Waals surface area (Å²) in [6, 6.07) is 7.12. The molecular weight excluding hydrogens is 497 g/mol. The first-order chi connectivity index (χ1) is 17.1. The lowest BCUT2D eigenvalue weighted by molar-refractivity contribution is -0.146. The lowest BCUT2D eigenvalue weighted by Crippen LogP contribution is -2.37. The number of aromatic amines is 1. The summed E-state index contributed by atoms with van der Waals surface area (Å²) in [5, 5.41) is 13.0. The molecule has 1 aromatic heterocycles. The minimum Gasteiger partial charge on any atom is -0.462 e. The first-order valence-electron chi connectivity index (χ1n) is 11.2. The molecule has 198 valence electrons. The third-order valence-corrected chi connectivity index (χ3v) is 6.92. The van der Waals surface area contributed by atoms with E-state index in [9.17, 15) is 24.1 Å². The van der Waals surface area contributed by atoms with E-state index in [0.29, 0.717) is 5.56 Å². The van der Waals surface area contributed by atoms with Gasteiger partial charge in [0.25, 0.3) is 5.56 Å². The van der Waals surface area contributed by atoms with Gasteiger partial charge >= 0.3 is 19.4 Å². The highest BCUT2D eigenvalue weighted by Gasteiger charge is 2.39. The number of methoxy groups -OCH3 is 1. The molecule has 2 heterocycles. The summed E-state index contributed by atoms with van der Waals surface area (Å²) < 4.78 is 41.5. The monoisotopic (exact) mass is 527 g/mol. The molecule has 14 heteroatoms. The molecule has 13 nitrogen and oxygen atoms in total. The van der Waals surface area contributed by atoms with Crippen LogP contribution in [0.1, 0.15) is 25.1 Å². The predicted molar refractivity (Wildman–Crippen MR) is 127 cm³/mol. The number of nitrogens with zero attached hydrogens (tertiary/aromatic N) is 1. The van der Waals surface area contributed by atoms with Crippen molar-refractivity contribution in [2.75, 3.05) is 26.9 Å². The highest BCUT2D eigenvalue weighted by molar-refractivity contribution is 7.52. The Labute approximate surface area is 206 Å². The molecule has 0 bridgehead atoms. The second kappa shape index (κ2) is 12.4. The summed E-state index contributed by atoms with van der Waals surface area (Å²) in [6.07, 6.45) is -1.57. The Kier molecular flexibility index (Phi) is 9.60. The molecule has 1 saturated heterocycles. The summed E-state index contributed by atoms with van der Waals surface area (Å²) in [6.45, 7) is 2.78. The van der Waals surface area contributed by atoms with Crippen molar-refractivity contribution in [2.45, 2.75) is 44.7 Å². The molecule has 0 amide bonds. The van der Waals surface area contributed by atoms with Gasteiger partial charge in [-0.15, -0.1) is 0 Å². The van der Waals surface area contributed by atoms with E-state index in [1.165, 1.54) is 27.2 Å². The van der Waals surface area contributed by atoms with Gasteiger partial charge in [0, 0.05) is 25.3 Å². The molecule has 1 aliphatic heterocycles. The number of carbonyl (C=O) groups excluding carboxylic acids is 1. The van der Waals surface area contributed by atoms with E-state index in [0.717, 1.165) is 4.57 Å². The summed E-state index contributed by atoms with van der Waals surface area (Å²) in [4.78, 5) is 38.2. The first kappa shape index (κ1) is 27.8. The number of aryl methyl sites for hydroxylation is 1. The van der Waals surface area contributed by atoms with E-state index in [1.54, 1.807) is 30.3 Å². The van der Waals surface area contributed by atoms with E-state index in [4.69, 9.17) is 23.3 Å². The molecule has 2 aromatic rings. The number of aromatic nitrogens is 2. The van der Waals surface area contributed by atoms with Gasteiger partial charge in [-0.25, -0.2) is 9.36 Å². The Morgan fingerprint density at radius 2 is 2.03 bits per heavy atom. The van der Waals surface area contributed by atoms with E-state index >= 15 is 0 Å². The molecule has 1 aromatic carbocycles. The van der Waals surface area contributed by atoms with Gasteiger partial charge < -0.3 is 23.8 Å². The lowest BCUT2D eigenvalue weighted by atomic mass is 10.2. The number of aliphatic hydroxyl groups excluding tert-OH is 1. The Balaban J connectivity index is 1.70. The zero-order chi connectivity index (χ0) is 26.3. The zero-order valence-electron chi connectivity index (χ0n) is 20.1. The number of hydrogen-bond acceptors (Lipinski definition) is 10. The normalized spacial score (nSPS) is 22.1. The number of benzene rings is 1. The molecular formula is C22H30N3O10P. The van der Waals surface area contributed by atoms with Crippen LogP contribution in [0.15, 0.2) is 46.1 Å². The molecule has 0 radical (unpaired) electrons. The summed E-state index contributed by atoms with van der Waals surface area (Å²) in [5.41, 5.74) is -0.914. The van der Waals surface area contributed by atoms with Gasteiger partial charge in [0.1, 0.15) is 30.7 Å². The number of aliphatic hydroxyl groups is 1. The van der Waals surface area contributed by atoms with Gasteiger partial charge in [-0.2, -0.15) is 5.09 Å². The van der Waals surface area contributed by atoms with Gasteiger partial charge in [0.2, 0.25) is 0 Å². The van der Waals surface area contributed by atoms with E-state index < -0.39 is 56.0 Å². The number of H-pyrrole nitrogens is 1. The van der Waals surface area contributed by atoms with E-state index in [1.807, 2.05) is 0 Å². The smallest absolute Gasteiger partial charge is 0.459 e. The summed E-state index contributed by atoms with van der Waals surface area (Å²) in [7, 11) is -2.71. The van der Waals surface area contributed by atoms with E-state index in [2.05, 4.69) is 10.1 Å². The van der Waals surface area contributed by atoms with Crippen LogP contribution >= 0.6 is 7.75 Å². The highest BCUT2D eigenvalue weighted by atomic mass is 31.2. The number of rotatable bonds is 12. The molecule has 3 rings (SSSR count). The van der Waals surface area contributed by atoms with Gasteiger partial charge in [-0.1, -0.05) is 18.2 Å². The summed E-state index contributed by atoms with van der Waals surface area (Å²) in [5.74, 6) is -0.480. The molecule has 3 N–H and O–H groups in total. The fraction of sp³-hybridized carbons (Fsp3) is 0.500. The van der Waals surface area contributed by atoms with Crippen LogP contribution in [-0.2, 0) is 28.1 Å². The standard InChI is InChI=1S/C22H30N3O10P/c1-14-12-25(22(29)23-20(14)27)19-11-17(26)18(34-19)13-33-36(30,35-16-7-5-4-6-8-16)24-15(2)21(28)32-10-9-31-3/h4-8,12,15,17-19,26H,9-11,13H2,1-3H3,(H,24,30)(H,23,27,29)/t15-,17+,18-,19-,36?/m0/s1. The Morgan fingerprint density at radius 1 is 1.31 bits per heavy atom. The third-order valence-electron chi connectivity index (χ3n) is 5.27. The maximum Gasteiger partial charge on any atom is 0.459 e. The average molecular weight is 527 g/mol. The van der Waals surface area contributed by atoms with Crippen molar-refractivity contribution in [3.05, 3.63) is 62.9 Å². The minimum atomic E-state index is -4.17. The summed E-state index contributed by atoms with van der Waals surface area (Å²) >= 11 is 0. The van der Waals surface area contributed by atoms with E-state index in [-0.39, 0.29) is 25.4 Å². The van der Waals surface area contributed by atoms with Crippen molar-refractivity contribution in [1.29, 1.82) is 0 Å². The number of esters is 1. The number of nitrogens with one attached hydrogen (secondary N) is 2. The van der Waals surface area contributed by atoms with Gasteiger partial charge in [0.05, 0.1) is 19.3 Å². The third kappa shape index (κ3) is 7.36. The van der Waals surface area contributed by atoms with Crippen LogP contribution in [0.5, 0.6) is 5.75 Å². The highest BCUT2D eigenvalue weighted by Crippen LogP contribution is 2.45. The SMILES string of the molecule is COCCOC(=O)[C@H](C)NP(=O)(OC[C@@H]1O[C@H](n2cc(C)c(=O)[nH]c2=O)C[C@H]1O)Oc1ccccc1. The van der Waals surface area contributed by atoms with Gasteiger partial charge in [-0.05, 0) is 26.0 Å². The Bertz CT molecular complexity index is 1180. The molecule has 0 spiro atoms. The second-order valence-corrected chi connectivity index (χ2v) is 9.81. The second-order valence-electron chi connectivity index (χ2n) is 8.12. The van der Waals surface area contributed by atoms with Crippen LogP contribution < -0.4 is 20.9 Å². The number of ether oxygens (including phenoxy) is 3. The average Bonchev–Trinajstić information content (AvgIpc) is 3.21. The maximum absolute atomic E-state index is 13.6. The van der Waals surface area contributed by atoms with Crippen molar-refractivity contribution in [3.63, 3.8) is 0 Å². The molecule has 36 heavy (non-hydrogen) atoms. The lowest BCUT2D eigenvalue weighted by Gasteiger charge is -2.24. The van der Waals surface area contributed by atoms with Crippen LogP contribution in [0.3, 0.4) is 0 Å². The maximum atomic E-state index is 13.6. The van der Waals surface area contributed by atoms with Crippen molar-refractivity contribution < 1.29 is 37.7 Å². The molecule has 5 atom stereocenters. The van der Waals surface area contributed by atoms with Crippen LogP contribution in [0.2, 0.25) is 0 Å². The molecule has 1 fully saturated rings. The Morgan fingerprint density at radius 3 is 2.72 bits per heavy atom. The largest absolute Gasteiger partial charge is 0.462 e. The van der Waals surface area contributed by atoms with Crippen molar-refractivity contribution >= 4 is 13.7 Å². The number of hydrogen-bond donors (Lipinski definition) is 3. The molecule has 1 unspecified atom stereocenters. The van der Waals surface area contributed by atoms with Gasteiger partial charge in [-0.3, -0.25) is 23.7 Å². The van der Waals surface area contributed by atoms with Crippen molar-refractivity contribution in [1.82, 2.24) is 14.6 Å². The molecule has 0 saturated carbocycles. The molecule has 0 aliphatic carbocycles. The predicted octanol–water partition coefficient (Wildman–Crippen LogP) is 0.865.